The SMILES string of the molecule is Brc1ccc2c(c1)NC(c1nc3ccccc3o1)C2. The van der Waals surface area contributed by atoms with Crippen molar-refractivity contribution in [1.82, 2.24) is 4.98 Å². The Bertz CT molecular complexity index is 733. The van der Waals surface area contributed by atoms with Gasteiger partial charge in [0.05, 0.1) is 0 Å². The fraction of sp³-hybridized carbons (Fsp3) is 0.133. The summed E-state index contributed by atoms with van der Waals surface area (Å²) in [6.07, 6.45) is 0.912. The molecule has 0 saturated carbocycles. The number of nitrogens with zero attached hydrogens (tertiary/aromatic N) is 1. The highest BCUT2D eigenvalue weighted by atomic mass is 79.9. The quantitative estimate of drug-likeness (QED) is 0.727. The lowest BCUT2D eigenvalue weighted by Gasteiger charge is -2.05. The largest absolute Gasteiger partial charge is 0.438 e. The molecule has 1 unspecified atom stereocenters. The average Bonchev–Trinajstić information content (AvgIpc) is 3.00. The zero-order chi connectivity index (χ0) is 12.8. The predicted octanol–water partition coefficient (Wildman–Crippen LogP) is 4.30. The van der Waals surface area contributed by atoms with E-state index in [1.54, 1.807) is 0 Å². The summed E-state index contributed by atoms with van der Waals surface area (Å²) >= 11 is 3.49. The van der Waals surface area contributed by atoms with Crippen molar-refractivity contribution in [3.63, 3.8) is 0 Å². The second-order valence-electron chi connectivity index (χ2n) is 4.72. The fourth-order valence-corrected chi connectivity index (χ4v) is 2.87. The van der Waals surface area contributed by atoms with Gasteiger partial charge < -0.3 is 9.73 Å². The molecular weight excluding hydrogens is 304 g/mol. The molecule has 94 valence electrons. The molecule has 0 saturated heterocycles. The Morgan fingerprint density at radius 1 is 1.21 bits per heavy atom. The van der Waals surface area contributed by atoms with Gasteiger partial charge in [-0.15, -0.1) is 0 Å². The van der Waals surface area contributed by atoms with E-state index in [1.807, 2.05) is 24.3 Å². The first-order chi connectivity index (χ1) is 9.29. The van der Waals surface area contributed by atoms with Gasteiger partial charge in [-0.25, -0.2) is 4.98 Å². The highest BCUT2D eigenvalue weighted by molar-refractivity contribution is 9.10. The van der Waals surface area contributed by atoms with Crippen LogP contribution in [0.5, 0.6) is 0 Å². The number of para-hydroxylation sites is 2. The van der Waals surface area contributed by atoms with Gasteiger partial charge in [-0.2, -0.15) is 0 Å². The summed E-state index contributed by atoms with van der Waals surface area (Å²) in [6, 6.07) is 14.3. The van der Waals surface area contributed by atoms with Crippen LogP contribution in [0.4, 0.5) is 5.69 Å². The van der Waals surface area contributed by atoms with Crippen molar-refractivity contribution in [2.45, 2.75) is 12.5 Å². The van der Waals surface area contributed by atoms with Crippen molar-refractivity contribution < 1.29 is 4.42 Å². The average molecular weight is 315 g/mol. The van der Waals surface area contributed by atoms with E-state index in [1.165, 1.54) is 5.56 Å². The second kappa shape index (κ2) is 4.10. The molecule has 1 N–H and O–H groups in total. The van der Waals surface area contributed by atoms with Gasteiger partial charge in [0.1, 0.15) is 11.6 Å². The standard InChI is InChI=1S/C15H11BrN2O/c16-10-6-5-9-7-13(17-12(9)8-10)15-18-11-3-1-2-4-14(11)19-15/h1-6,8,13,17H,7H2. The van der Waals surface area contributed by atoms with Gasteiger partial charge in [0.15, 0.2) is 5.58 Å². The van der Waals surface area contributed by atoms with E-state index in [2.05, 4.69) is 44.4 Å². The molecule has 1 aromatic heterocycles. The van der Waals surface area contributed by atoms with Gasteiger partial charge in [-0.05, 0) is 29.8 Å². The molecule has 2 aromatic carbocycles. The van der Waals surface area contributed by atoms with Gasteiger partial charge in [-0.1, -0.05) is 34.1 Å². The smallest absolute Gasteiger partial charge is 0.218 e. The molecule has 0 aliphatic carbocycles. The molecule has 4 rings (SSSR count). The molecule has 4 heteroatoms. The molecule has 3 aromatic rings. The number of nitrogens with one attached hydrogen (secondary N) is 1. The summed E-state index contributed by atoms with van der Waals surface area (Å²) in [6.45, 7) is 0. The van der Waals surface area contributed by atoms with Crippen molar-refractivity contribution in [2.75, 3.05) is 5.32 Å². The van der Waals surface area contributed by atoms with Gasteiger partial charge in [-0.3, -0.25) is 0 Å². The Kier molecular flexibility index (Phi) is 2.38. The van der Waals surface area contributed by atoms with Crippen LogP contribution in [0.15, 0.2) is 51.4 Å². The highest BCUT2D eigenvalue weighted by Crippen LogP contribution is 2.36. The number of aromatic nitrogens is 1. The molecule has 0 spiro atoms. The Labute approximate surface area is 118 Å². The van der Waals surface area contributed by atoms with Gasteiger partial charge in [0.25, 0.3) is 0 Å². The molecular formula is C15H11BrN2O. The molecule has 0 bridgehead atoms. The van der Waals surface area contributed by atoms with E-state index in [9.17, 15) is 0 Å². The van der Waals surface area contributed by atoms with Crippen molar-refractivity contribution in [1.29, 1.82) is 0 Å². The zero-order valence-corrected chi connectivity index (χ0v) is 11.6. The van der Waals surface area contributed by atoms with Gasteiger partial charge in [0.2, 0.25) is 5.89 Å². The van der Waals surface area contributed by atoms with E-state index in [-0.39, 0.29) is 6.04 Å². The highest BCUT2D eigenvalue weighted by Gasteiger charge is 2.26. The monoisotopic (exact) mass is 314 g/mol. The molecule has 1 aliphatic rings. The van der Waals surface area contributed by atoms with Crippen LogP contribution in [0.2, 0.25) is 0 Å². The number of anilines is 1. The van der Waals surface area contributed by atoms with Crippen LogP contribution in [-0.2, 0) is 6.42 Å². The fourth-order valence-electron chi connectivity index (χ4n) is 2.51. The molecule has 2 heterocycles. The number of fused-ring (bicyclic) bond motifs is 2. The third kappa shape index (κ3) is 1.83. The lowest BCUT2D eigenvalue weighted by molar-refractivity contribution is 0.497. The summed E-state index contributed by atoms with van der Waals surface area (Å²) in [5.41, 5.74) is 4.21. The first-order valence-electron chi connectivity index (χ1n) is 6.20. The first-order valence-corrected chi connectivity index (χ1v) is 6.99. The minimum Gasteiger partial charge on any atom is -0.438 e. The molecule has 1 aliphatic heterocycles. The summed E-state index contributed by atoms with van der Waals surface area (Å²) in [4.78, 5) is 4.56. The van der Waals surface area contributed by atoms with Crippen molar-refractivity contribution in [3.8, 4) is 0 Å². The Morgan fingerprint density at radius 3 is 3.00 bits per heavy atom. The number of oxazole rings is 1. The summed E-state index contributed by atoms with van der Waals surface area (Å²) in [5.74, 6) is 0.758. The van der Waals surface area contributed by atoms with Gasteiger partial charge in [0, 0.05) is 16.6 Å². The maximum atomic E-state index is 5.83. The van der Waals surface area contributed by atoms with E-state index in [0.717, 1.165) is 33.6 Å². The Hall–Kier alpha value is -1.81. The molecule has 19 heavy (non-hydrogen) atoms. The molecule has 3 nitrogen and oxygen atoms in total. The number of halogens is 1. The first kappa shape index (κ1) is 11.1. The minimum absolute atomic E-state index is 0.122. The van der Waals surface area contributed by atoms with Crippen LogP contribution in [0.3, 0.4) is 0 Å². The predicted molar refractivity (Wildman–Crippen MR) is 78.2 cm³/mol. The van der Waals surface area contributed by atoms with Crippen LogP contribution >= 0.6 is 15.9 Å². The molecule has 1 atom stereocenters. The maximum Gasteiger partial charge on any atom is 0.218 e. The number of rotatable bonds is 1. The lowest BCUT2D eigenvalue weighted by Crippen LogP contribution is -2.05. The van der Waals surface area contributed by atoms with Crippen LogP contribution < -0.4 is 5.32 Å². The van der Waals surface area contributed by atoms with Crippen molar-refractivity contribution in [3.05, 3.63) is 58.4 Å². The summed E-state index contributed by atoms with van der Waals surface area (Å²) in [7, 11) is 0. The minimum atomic E-state index is 0.122. The summed E-state index contributed by atoms with van der Waals surface area (Å²) < 4.78 is 6.91. The number of hydrogen-bond acceptors (Lipinski definition) is 3. The van der Waals surface area contributed by atoms with Crippen molar-refractivity contribution >= 4 is 32.7 Å². The van der Waals surface area contributed by atoms with E-state index in [0.29, 0.717) is 0 Å². The van der Waals surface area contributed by atoms with E-state index < -0.39 is 0 Å². The molecule has 0 amide bonds. The Morgan fingerprint density at radius 2 is 2.11 bits per heavy atom. The third-order valence-electron chi connectivity index (χ3n) is 3.43. The van der Waals surface area contributed by atoms with Crippen LogP contribution in [0.1, 0.15) is 17.5 Å². The topological polar surface area (TPSA) is 38.1 Å². The molecule has 0 fully saturated rings. The molecule has 0 radical (unpaired) electrons. The maximum absolute atomic E-state index is 5.83. The number of hydrogen-bond donors (Lipinski definition) is 1. The summed E-state index contributed by atoms with van der Waals surface area (Å²) in [5, 5.41) is 3.47. The van der Waals surface area contributed by atoms with Gasteiger partial charge >= 0.3 is 0 Å². The van der Waals surface area contributed by atoms with Crippen LogP contribution in [0.25, 0.3) is 11.1 Å². The van der Waals surface area contributed by atoms with Crippen molar-refractivity contribution in [2.24, 2.45) is 0 Å². The zero-order valence-electron chi connectivity index (χ0n) is 10.1. The Balaban J connectivity index is 1.72. The van der Waals surface area contributed by atoms with Crippen LogP contribution in [0, 0.1) is 0 Å². The second-order valence-corrected chi connectivity index (χ2v) is 5.64. The van der Waals surface area contributed by atoms with Crippen LogP contribution in [-0.4, -0.2) is 4.98 Å². The normalized spacial score (nSPS) is 17.4. The van der Waals surface area contributed by atoms with E-state index in [4.69, 9.17) is 4.42 Å². The van der Waals surface area contributed by atoms with E-state index >= 15 is 0 Å². The third-order valence-corrected chi connectivity index (χ3v) is 3.93. The lowest BCUT2D eigenvalue weighted by atomic mass is 10.1. The number of benzene rings is 2.